The van der Waals surface area contributed by atoms with Crippen LogP contribution in [0.1, 0.15) is 44.7 Å². The minimum Gasteiger partial charge on any atom is -0.349 e. The molecule has 30 heavy (non-hydrogen) atoms. The van der Waals surface area contributed by atoms with Crippen LogP contribution in [0.25, 0.3) is 11.1 Å². The number of aryl methyl sites for hydroxylation is 1. The van der Waals surface area contributed by atoms with E-state index in [1.807, 2.05) is 37.3 Å². The number of halogens is 1. The smallest absolute Gasteiger partial charge is 0.251 e. The summed E-state index contributed by atoms with van der Waals surface area (Å²) in [6, 6.07) is 19.4. The number of rotatable bonds is 6. The third kappa shape index (κ3) is 4.74. The Labute approximate surface area is 175 Å². The van der Waals surface area contributed by atoms with Gasteiger partial charge in [0.05, 0.1) is 0 Å². The monoisotopic (exact) mass is 402 g/mol. The third-order valence-electron chi connectivity index (χ3n) is 5.24. The Balaban J connectivity index is 1.45. The van der Waals surface area contributed by atoms with Crippen molar-refractivity contribution < 1.29 is 14.0 Å². The zero-order valence-electron chi connectivity index (χ0n) is 16.7. The van der Waals surface area contributed by atoms with Crippen LogP contribution in [0.2, 0.25) is 0 Å². The molecule has 4 nitrogen and oxygen atoms in total. The van der Waals surface area contributed by atoms with E-state index in [1.54, 1.807) is 24.3 Å². The molecule has 1 fully saturated rings. The van der Waals surface area contributed by atoms with Gasteiger partial charge in [0.25, 0.3) is 11.8 Å². The molecule has 152 valence electrons. The Morgan fingerprint density at radius 3 is 2.23 bits per heavy atom. The number of carbonyl (C=O) groups excluding carboxylic acids is 2. The largest absolute Gasteiger partial charge is 0.349 e. The molecule has 1 saturated carbocycles. The van der Waals surface area contributed by atoms with E-state index in [4.69, 9.17) is 0 Å². The Bertz CT molecular complexity index is 1070. The fraction of sp³-hybridized carbons (Fsp3) is 0.200. The van der Waals surface area contributed by atoms with Gasteiger partial charge in [-0.25, -0.2) is 4.39 Å². The van der Waals surface area contributed by atoms with E-state index in [0.717, 1.165) is 35.1 Å². The molecule has 0 aromatic heterocycles. The van der Waals surface area contributed by atoms with Gasteiger partial charge in [0, 0.05) is 23.7 Å². The molecule has 2 amide bonds. The summed E-state index contributed by atoms with van der Waals surface area (Å²) in [4.78, 5) is 24.8. The first kappa shape index (κ1) is 19.8. The van der Waals surface area contributed by atoms with Gasteiger partial charge >= 0.3 is 0 Å². The van der Waals surface area contributed by atoms with Crippen molar-refractivity contribution in [2.24, 2.45) is 0 Å². The first-order valence-corrected chi connectivity index (χ1v) is 10.0. The quantitative estimate of drug-likeness (QED) is 0.632. The molecule has 3 aromatic carbocycles. The van der Waals surface area contributed by atoms with E-state index in [2.05, 4.69) is 10.6 Å². The maximum absolute atomic E-state index is 13.0. The van der Waals surface area contributed by atoms with E-state index < -0.39 is 0 Å². The molecule has 3 aromatic rings. The van der Waals surface area contributed by atoms with Crippen LogP contribution in [0.15, 0.2) is 66.7 Å². The lowest BCUT2D eigenvalue weighted by Gasteiger charge is -2.11. The minimum absolute atomic E-state index is 0.0458. The molecular weight excluding hydrogens is 379 g/mol. The van der Waals surface area contributed by atoms with E-state index in [1.165, 1.54) is 12.1 Å². The van der Waals surface area contributed by atoms with Gasteiger partial charge in [0.1, 0.15) is 5.82 Å². The molecule has 0 spiro atoms. The van der Waals surface area contributed by atoms with Gasteiger partial charge in [0.2, 0.25) is 0 Å². The van der Waals surface area contributed by atoms with Gasteiger partial charge < -0.3 is 10.6 Å². The van der Waals surface area contributed by atoms with Crippen LogP contribution in [-0.4, -0.2) is 17.9 Å². The first-order chi connectivity index (χ1) is 14.5. The molecule has 0 bridgehead atoms. The molecule has 4 rings (SSSR count). The molecule has 5 heteroatoms. The van der Waals surface area contributed by atoms with Crippen LogP contribution in [0.4, 0.5) is 4.39 Å². The van der Waals surface area contributed by atoms with Gasteiger partial charge in [-0.3, -0.25) is 9.59 Å². The molecule has 0 radical (unpaired) electrons. The number of nitrogens with one attached hydrogen (secondary N) is 2. The Hall–Kier alpha value is -3.47. The summed E-state index contributed by atoms with van der Waals surface area (Å²) in [5, 5.41) is 5.85. The standard InChI is InChI=1S/C25H23FN2O2/c1-16-2-5-20(25(30)28-22-12-13-22)14-23(16)18-6-8-19(9-7-18)24(29)27-15-17-3-10-21(26)11-4-17/h2-11,14,22H,12-13,15H2,1H3,(H,27,29)(H,28,30). The number of benzene rings is 3. The van der Waals surface area contributed by atoms with Crippen LogP contribution in [-0.2, 0) is 6.54 Å². The Morgan fingerprint density at radius 1 is 0.900 bits per heavy atom. The summed E-state index contributed by atoms with van der Waals surface area (Å²) in [5.41, 5.74) is 5.00. The molecular formula is C25H23FN2O2. The summed E-state index contributed by atoms with van der Waals surface area (Å²) in [6.07, 6.45) is 2.10. The molecule has 0 aliphatic heterocycles. The van der Waals surface area contributed by atoms with Crippen molar-refractivity contribution in [2.75, 3.05) is 0 Å². The van der Waals surface area contributed by atoms with Gasteiger partial charge in [0.15, 0.2) is 0 Å². The fourth-order valence-electron chi connectivity index (χ4n) is 3.26. The third-order valence-corrected chi connectivity index (χ3v) is 5.24. The highest BCUT2D eigenvalue weighted by Gasteiger charge is 2.24. The number of hydrogen-bond acceptors (Lipinski definition) is 2. The van der Waals surface area contributed by atoms with E-state index >= 15 is 0 Å². The van der Waals surface area contributed by atoms with Crippen molar-refractivity contribution in [1.29, 1.82) is 0 Å². The highest BCUT2D eigenvalue weighted by Crippen LogP contribution is 2.26. The van der Waals surface area contributed by atoms with Crippen LogP contribution >= 0.6 is 0 Å². The van der Waals surface area contributed by atoms with Crippen molar-refractivity contribution in [3.8, 4) is 11.1 Å². The van der Waals surface area contributed by atoms with Crippen molar-refractivity contribution >= 4 is 11.8 Å². The number of hydrogen-bond donors (Lipinski definition) is 2. The summed E-state index contributed by atoms with van der Waals surface area (Å²) < 4.78 is 13.0. The maximum Gasteiger partial charge on any atom is 0.251 e. The van der Waals surface area contributed by atoms with Gasteiger partial charge in [-0.1, -0.05) is 30.3 Å². The highest BCUT2D eigenvalue weighted by molar-refractivity contribution is 5.97. The summed E-state index contributed by atoms with van der Waals surface area (Å²) in [5.74, 6) is -0.541. The minimum atomic E-state index is -0.301. The van der Waals surface area contributed by atoms with Crippen molar-refractivity contribution in [3.05, 3.63) is 94.8 Å². The predicted octanol–water partition coefficient (Wildman–Crippen LogP) is 4.62. The second-order valence-corrected chi connectivity index (χ2v) is 7.66. The lowest BCUT2D eigenvalue weighted by molar-refractivity contribution is 0.0943. The topological polar surface area (TPSA) is 58.2 Å². The molecule has 1 aliphatic carbocycles. The highest BCUT2D eigenvalue weighted by atomic mass is 19.1. The molecule has 0 atom stereocenters. The number of amides is 2. The zero-order valence-corrected chi connectivity index (χ0v) is 16.7. The van der Waals surface area contributed by atoms with E-state index in [-0.39, 0.29) is 17.6 Å². The lowest BCUT2D eigenvalue weighted by Crippen LogP contribution is -2.25. The zero-order chi connectivity index (χ0) is 21.1. The average Bonchev–Trinajstić information content (AvgIpc) is 3.57. The van der Waals surface area contributed by atoms with Crippen molar-refractivity contribution in [2.45, 2.75) is 32.4 Å². The molecule has 1 aliphatic rings. The summed E-state index contributed by atoms with van der Waals surface area (Å²) in [7, 11) is 0. The normalized spacial score (nSPS) is 13.0. The van der Waals surface area contributed by atoms with Crippen molar-refractivity contribution in [1.82, 2.24) is 10.6 Å². The van der Waals surface area contributed by atoms with E-state index in [0.29, 0.717) is 23.7 Å². The molecule has 2 N–H and O–H groups in total. The summed E-state index contributed by atoms with van der Waals surface area (Å²) in [6.45, 7) is 2.33. The molecule has 0 saturated heterocycles. The molecule has 0 unspecified atom stereocenters. The second kappa shape index (κ2) is 8.49. The Morgan fingerprint density at radius 2 is 1.57 bits per heavy atom. The maximum atomic E-state index is 13.0. The van der Waals surface area contributed by atoms with E-state index in [9.17, 15) is 14.0 Å². The van der Waals surface area contributed by atoms with Gasteiger partial charge in [-0.2, -0.15) is 0 Å². The number of carbonyl (C=O) groups is 2. The SMILES string of the molecule is Cc1ccc(C(=O)NC2CC2)cc1-c1ccc(C(=O)NCc2ccc(F)cc2)cc1. The van der Waals surface area contributed by atoms with Crippen molar-refractivity contribution in [3.63, 3.8) is 0 Å². The lowest BCUT2D eigenvalue weighted by atomic mass is 9.97. The summed E-state index contributed by atoms with van der Waals surface area (Å²) >= 11 is 0. The predicted molar refractivity (Wildman–Crippen MR) is 115 cm³/mol. The van der Waals surface area contributed by atoms with Gasteiger partial charge in [-0.05, 0) is 78.4 Å². The van der Waals surface area contributed by atoms with Crippen LogP contribution < -0.4 is 10.6 Å². The second-order valence-electron chi connectivity index (χ2n) is 7.66. The van der Waals surface area contributed by atoms with Crippen LogP contribution in [0.5, 0.6) is 0 Å². The molecule has 0 heterocycles. The average molecular weight is 402 g/mol. The first-order valence-electron chi connectivity index (χ1n) is 10.0. The van der Waals surface area contributed by atoms with Gasteiger partial charge in [-0.15, -0.1) is 0 Å². The Kier molecular flexibility index (Phi) is 5.61. The van der Waals surface area contributed by atoms with Crippen LogP contribution in [0, 0.1) is 12.7 Å². The fourth-order valence-corrected chi connectivity index (χ4v) is 3.26. The van der Waals surface area contributed by atoms with Crippen LogP contribution in [0.3, 0.4) is 0 Å².